The van der Waals surface area contributed by atoms with Crippen molar-refractivity contribution in [2.75, 3.05) is 55.3 Å². The molecule has 0 radical (unpaired) electrons. The maximum Gasteiger partial charge on any atom is 0.417 e. The van der Waals surface area contributed by atoms with Crippen LogP contribution in [0, 0.1) is 5.82 Å². The van der Waals surface area contributed by atoms with Crippen LogP contribution in [-0.4, -0.2) is 66.3 Å². The number of hydrogen-bond acceptors (Lipinski definition) is 8. The highest BCUT2D eigenvalue weighted by Crippen LogP contribution is 2.41. The number of anilines is 3. The highest BCUT2D eigenvalue weighted by Gasteiger charge is 2.35. The van der Waals surface area contributed by atoms with Crippen LogP contribution in [0.5, 0.6) is 0 Å². The van der Waals surface area contributed by atoms with Crippen molar-refractivity contribution >= 4 is 29.9 Å². The van der Waals surface area contributed by atoms with Crippen molar-refractivity contribution in [2.45, 2.75) is 25.1 Å². The highest BCUT2D eigenvalue weighted by molar-refractivity contribution is 5.61. The summed E-state index contributed by atoms with van der Waals surface area (Å²) in [6.07, 6.45) is -2.23. The van der Waals surface area contributed by atoms with E-state index in [0.29, 0.717) is 40.6 Å². The fourth-order valence-corrected chi connectivity index (χ4v) is 4.81. The Morgan fingerprint density at radius 2 is 1.89 bits per heavy atom. The molecule has 1 unspecified atom stereocenters. The Balaban J connectivity index is 1.38. The van der Waals surface area contributed by atoms with Crippen LogP contribution in [0.25, 0.3) is 0 Å². The van der Waals surface area contributed by atoms with Crippen molar-refractivity contribution in [2.24, 2.45) is 4.99 Å². The Hall–Kier alpha value is -3.80. The number of aliphatic imine (C=N–C) groups is 1. The van der Waals surface area contributed by atoms with Gasteiger partial charge in [-0.05, 0) is 44.5 Å². The lowest BCUT2D eigenvalue weighted by molar-refractivity contribution is -0.137. The predicted molar refractivity (Wildman–Crippen MR) is 139 cm³/mol. The van der Waals surface area contributed by atoms with Gasteiger partial charge in [-0.2, -0.15) is 13.2 Å². The molecule has 0 aliphatic carbocycles. The van der Waals surface area contributed by atoms with E-state index in [1.165, 1.54) is 12.3 Å². The summed E-state index contributed by atoms with van der Waals surface area (Å²) < 4.78 is 55.0. The third-order valence-electron chi connectivity index (χ3n) is 7.05. The first kappa shape index (κ1) is 25.8. The monoisotopic (exact) mass is 528 g/mol. The summed E-state index contributed by atoms with van der Waals surface area (Å²) in [6.45, 7) is 9.01. The Kier molecular flexibility index (Phi) is 6.91. The third-order valence-corrected chi connectivity index (χ3v) is 7.05. The average molecular weight is 529 g/mol. The van der Waals surface area contributed by atoms with Gasteiger partial charge >= 0.3 is 6.18 Å². The van der Waals surface area contributed by atoms with Gasteiger partial charge < -0.3 is 20.4 Å². The largest absolute Gasteiger partial charge is 0.417 e. The quantitative estimate of drug-likeness (QED) is 0.350. The predicted octanol–water partition coefficient (Wildman–Crippen LogP) is 4.84. The van der Waals surface area contributed by atoms with Crippen LogP contribution in [0.15, 0.2) is 41.7 Å². The number of fused-ring (bicyclic) bond motifs is 1. The molecule has 8 nitrogen and oxygen atoms in total. The number of aromatic nitrogens is 3. The van der Waals surface area contributed by atoms with Gasteiger partial charge in [0.25, 0.3) is 0 Å². The Morgan fingerprint density at radius 3 is 2.58 bits per heavy atom. The van der Waals surface area contributed by atoms with E-state index in [2.05, 4.69) is 42.2 Å². The van der Waals surface area contributed by atoms with Crippen LogP contribution < -0.4 is 15.5 Å². The van der Waals surface area contributed by atoms with Crippen molar-refractivity contribution in [3.63, 3.8) is 0 Å². The second-order valence-electron chi connectivity index (χ2n) is 9.58. The number of pyridine rings is 1. The number of nitrogens with zero attached hydrogens (tertiary/aromatic N) is 6. The molecule has 2 N–H and O–H groups in total. The Bertz CT molecular complexity index is 1340. The zero-order valence-corrected chi connectivity index (χ0v) is 21.1. The molecule has 0 saturated carbocycles. The number of piperazine rings is 1. The summed E-state index contributed by atoms with van der Waals surface area (Å²) in [7, 11) is 2.05. The molecule has 5 rings (SSSR count). The van der Waals surface area contributed by atoms with Crippen molar-refractivity contribution < 1.29 is 17.6 Å². The van der Waals surface area contributed by atoms with Gasteiger partial charge in [-0.25, -0.2) is 19.3 Å². The van der Waals surface area contributed by atoms with Crippen LogP contribution >= 0.6 is 0 Å². The standard InChI is InChI=1S/C26H28F4N8/c1-15(16-4-5-22(20(27)10-16)38-8-6-37(3)7-9-38)35-25-34-14-21(31-2)23(36-25)19-13-33-24-18(19)11-17(12-32-24)26(28,29)30/h4-5,10-12,14-15,19H,2,6-9,13H2,1,3H3,(H,32,33)(H,34,35,36)/t15-,19?/m1/s1. The van der Waals surface area contributed by atoms with Crippen LogP contribution in [0.2, 0.25) is 0 Å². The first-order valence-corrected chi connectivity index (χ1v) is 12.3. The normalized spacial score (nSPS) is 18.6. The summed E-state index contributed by atoms with van der Waals surface area (Å²) in [4.78, 5) is 21.1. The van der Waals surface area contributed by atoms with Crippen LogP contribution in [0.1, 0.15) is 41.3 Å². The molecule has 2 aromatic heterocycles. The van der Waals surface area contributed by atoms with Gasteiger partial charge in [0.05, 0.1) is 29.2 Å². The van der Waals surface area contributed by atoms with Crippen molar-refractivity contribution in [1.29, 1.82) is 0 Å². The SMILES string of the molecule is C=Nc1cnc(N[C@H](C)c2ccc(N3CCN(C)CC3)c(F)c2)nc1C1CNc2ncc(C(F)(F)F)cc21. The maximum absolute atomic E-state index is 15.0. The second kappa shape index (κ2) is 10.2. The summed E-state index contributed by atoms with van der Waals surface area (Å²) in [5, 5.41) is 6.21. The molecule has 1 aromatic carbocycles. The van der Waals surface area contributed by atoms with Crippen LogP contribution in [-0.2, 0) is 6.18 Å². The fourth-order valence-electron chi connectivity index (χ4n) is 4.81. The molecule has 38 heavy (non-hydrogen) atoms. The van der Waals surface area contributed by atoms with E-state index >= 15 is 4.39 Å². The van der Waals surface area contributed by atoms with Gasteiger partial charge in [-0.3, -0.25) is 4.99 Å². The molecule has 2 aliphatic rings. The first-order valence-electron chi connectivity index (χ1n) is 12.3. The Morgan fingerprint density at radius 1 is 1.13 bits per heavy atom. The molecule has 0 bridgehead atoms. The van der Waals surface area contributed by atoms with Gasteiger partial charge in [0, 0.05) is 50.4 Å². The summed E-state index contributed by atoms with van der Waals surface area (Å²) in [5.74, 6) is -0.207. The smallest absolute Gasteiger partial charge is 0.369 e. The number of rotatable bonds is 6. The van der Waals surface area contributed by atoms with E-state index in [9.17, 15) is 13.2 Å². The molecule has 4 heterocycles. The zero-order valence-electron chi connectivity index (χ0n) is 21.1. The summed E-state index contributed by atoms with van der Waals surface area (Å²) in [6, 6.07) is 5.91. The third kappa shape index (κ3) is 5.13. The maximum atomic E-state index is 15.0. The minimum absolute atomic E-state index is 0.247. The molecule has 1 fully saturated rings. The molecule has 3 aromatic rings. The van der Waals surface area contributed by atoms with E-state index in [4.69, 9.17) is 0 Å². The highest BCUT2D eigenvalue weighted by atomic mass is 19.4. The molecular weight excluding hydrogens is 500 g/mol. The minimum atomic E-state index is -4.52. The van der Waals surface area contributed by atoms with E-state index in [-0.39, 0.29) is 17.8 Å². The van der Waals surface area contributed by atoms with E-state index in [1.54, 1.807) is 6.07 Å². The number of benzene rings is 1. The Labute approximate surface area is 217 Å². The van der Waals surface area contributed by atoms with Crippen molar-refractivity contribution in [1.82, 2.24) is 19.9 Å². The summed E-state index contributed by atoms with van der Waals surface area (Å²) >= 11 is 0. The van der Waals surface area contributed by atoms with Crippen LogP contribution in [0.3, 0.4) is 0 Å². The molecular formula is C26H28F4N8. The lowest BCUT2D eigenvalue weighted by Gasteiger charge is -2.34. The van der Waals surface area contributed by atoms with Gasteiger partial charge in [-0.1, -0.05) is 6.07 Å². The second-order valence-corrected chi connectivity index (χ2v) is 9.58. The van der Waals surface area contributed by atoms with Gasteiger partial charge in [0.1, 0.15) is 17.3 Å². The molecule has 200 valence electrons. The van der Waals surface area contributed by atoms with E-state index in [0.717, 1.165) is 38.4 Å². The number of nitrogens with one attached hydrogen (secondary N) is 2. The van der Waals surface area contributed by atoms with Crippen molar-refractivity contribution in [3.05, 3.63) is 64.9 Å². The van der Waals surface area contributed by atoms with Crippen molar-refractivity contribution in [3.8, 4) is 0 Å². The first-order chi connectivity index (χ1) is 18.1. The van der Waals surface area contributed by atoms with Gasteiger partial charge in [-0.15, -0.1) is 0 Å². The number of halogens is 4. The average Bonchev–Trinajstić information content (AvgIpc) is 3.32. The molecule has 2 atom stereocenters. The van der Waals surface area contributed by atoms with E-state index < -0.39 is 17.7 Å². The fraction of sp³-hybridized carbons (Fsp3) is 0.385. The molecule has 12 heteroatoms. The lowest BCUT2D eigenvalue weighted by Crippen LogP contribution is -2.44. The summed E-state index contributed by atoms with van der Waals surface area (Å²) in [5.41, 5.74) is 1.62. The minimum Gasteiger partial charge on any atom is -0.369 e. The molecule has 1 saturated heterocycles. The van der Waals surface area contributed by atoms with E-state index in [1.807, 2.05) is 24.9 Å². The zero-order chi connectivity index (χ0) is 27.0. The number of likely N-dealkylation sites (N-methyl/N-ethyl adjacent to an activating group) is 1. The molecule has 0 amide bonds. The number of hydrogen-bond donors (Lipinski definition) is 2. The number of alkyl halides is 3. The van der Waals surface area contributed by atoms with Gasteiger partial charge in [0.15, 0.2) is 0 Å². The molecule has 0 spiro atoms. The molecule has 2 aliphatic heterocycles. The van der Waals surface area contributed by atoms with Crippen LogP contribution in [0.4, 0.5) is 40.7 Å². The topological polar surface area (TPSA) is 81.6 Å². The van der Waals surface area contributed by atoms with Gasteiger partial charge in [0.2, 0.25) is 5.95 Å². The lowest BCUT2D eigenvalue weighted by atomic mass is 9.96.